The number of benzene rings is 1. The topological polar surface area (TPSA) is 69.0 Å². The van der Waals surface area contributed by atoms with E-state index in [9.17, 15) is 9.59 Å². The van der Waals surface area contributed by atoms with Crippen molar-refractivity contribution in [3.8, 4) is 5.75 Å². The first-order valence-corrected chi connectivity index (χ1v) is 8.13. The molecule has 0 bridgehead atoms. The van der Waals surface area contributed by atoms with Crippen LogP contribution in [0.25, 0.3) is 11.0 Å². The van der Waals surface area contributed by atoms with Crippen LogP contribution in [0.4, 0.5) is 0 Å². The zero-order valence-corrected chi connectivity index (χ0v) is 14.1. The van der Waals surface area contributed by atoms with Gasteiger partial charge in [-0.3, -0.25) is 4.79 Å². The van der Waals surface area contributed by atoms with E-state index in [0.717, 1.165) is 0 Å². The standard InChI is InChI=1S/C18H21NO5/c1-4-22-13-5-6-14-15(8-17(20)24-16(14)7-13)18(21)19-9-11(2)23-12(3)10-19/h5-8,11-12H,4,9-10H2,1-3H3. The Labute approximate surface area is 140 Å². The second-order valence-corrected chi connectivity index (χ2v) is 6.04. The van der Waals surface area contributed by atoms with Gasteiger partial charge in [0.15, 0.2) is 0 Å². The molecule has 0 aliphatic carbocycles. The fourth-order valence-corrected chi connectivity index (χ4v) is 3.09. The zero-order chi connectivity index (χ0) is 17.3. The third-order valence-electron chi connectivity index (χ3n) is 3.96. The van der Waals surface area contributed by atoms with Crippen molar-refractivity contribution in [2.75, 3.05) is 19.7 Å². The Kier molecular flexibility index (Phi) is 4.57. The maximum Gasteiger partial charge on any atom is 0.337 e. The molecule has 2 unspecified atom stereocenters. The normalized spacial score (nSPS) is 21.0. The number of morpholine rings is 1. The first-order chi connectivity index (χ1) is 11.5. The van der Waals surface area contributed by atoms with E-state index in [1.807, 2.05) is 20.8 Å². The second kappa shape index (κ2) is 6.65. The molecule has 128 valence electrons. The molecule has 24 heavy (non-hydrogen) atoms. The number of nitrogens with zero attached hydrogens (tertiary/aromatic N) is 1. The number of carbonyl (C=O) groups is 1. The summed E-state index contributed by atoms with van der Waals surface area (Å²) in [4.78, 5) is 26.5. The number of carbonyl (C=O) groups excluding carboxylic acids is 1. The van der Waals surface area contributed by atoms with E-state index >= 15 is 0 Å². The number of amides is 1. The van der Waals surface area contributed by atoms with Crippen molar-refractivity contribution in [2.24, 2.45) is 0 Å². The smallest absolute Gasteiger partial charge is 0.337 e. The molecule has 3 rings (SSSR count). The number of hydrogen-bond donors (Lipinski definition) is 0. The molecule has 1 saturated heterocycles. The molecule has 1 aliphatic heterocycles. The molecule has 1 aromatic heterocycles. The Hall–Kier alpha value is -2.34. The molecule has 0 N–H and O–H groups in total. The minimum atomic E-state index is -0.547. The number of rotatable bonds is 3. The van der Waals surface area contributed by atoms with Gasteiger partial charge in [0.25, 0.3) is 5.91 Å². The predicted molar refractivity (Wildman–Crippen MR) is 89.6 cm³/mol. The molecule has 2 heterocycles. The van der Waals surface area contributed by atoms with E-state index < -0.39 is 5.63 Å². The molecule has 0 saturated carbocycles. The lowest BCUT2D eigenvalue weighted by Gasteiger charge is -2.35. The highest BCUT2D eigenvalue weighted by molar-refractivity contribution is 6.05. The SMILES string of the molecule is CCOc1ccc2c(C(=O)N3CC(C)OC(C)C3)cc(=O)oc2c1. The molecule has 6 heteroatoms. The maximum atomic E-state index is 12.9. The van der Waals surface area contributed by atoms with E-state index in [1.165, 1.54) is 6.07 Å². The van der Waals surface area contributed by atoms with Gasteiger partial charge in [0.1, 0.15) is 11.3 Å². The monoisotopic (exact) mass is 331 g/mol. The van der Waals surface area contributed by atoms with Crippen LogP contribution in [0.1, 0.15) is 31.1 Å². The van der Waals surface area contributed by atoms with Crippen LogP contribution in [-0.4, -0.2) is 42.7 Å². The van der Waals surface area contributed by atoms with Gasteiger partial charge in [-0.05, 0) is 32.9 Å². The van der Waals surface area contributed by atoms with Crippen LogP contribution in [0.15, 0.2) is 33.5 Å². The Morgan fingerprint density at radius 1 is 1.25 bits per heavy atom. The Morgan fingerprint density at radius 3 is 2.62 bits per heavy atom. The molecule has 1 aromatic carbocycles. The maximum absolute atomic E-state index is 12.9. The van der Waals surface area contributed by atoms with Crippen molar-refractivity contribution < 1.29 is 18.7 Å². The fraction of sp³-hybridized carbons (Fsp3) is 0.444. The van der Waals surface area contributed by atoms with Gasteiger partial charge in [-0.1, -0.05) is 0 Å². The summed E-state index contributed by atoms with van der Waals surface area (Å²) >= 11 is 0. The molecular formula is C18H21NO5. The number of ether oxygens (including phenoxy) is 2. The van der Waals surface area contributed by atoms with Crippen LogP contribution < -0.4 is 10.4 Å². The summed E-state index contributed by atoms with van der Waals surface area (Å²) in [5.41, 5.74) is 0.158. The van der Waals surface area contributed by atoms with Gasteiger partial charge in [-0.25, -0.2) is 4.79 Å². The average molecular weight is 331 g/mol. The van der Waals surface area contributed by atoms with Crippen LogP contribution in [0.3, 0.4) is 0 Å². The fourth-order valence-electron chi connectivity index (χ4n) is 3.09. The Balaban J connectivity index is 2.02. The Morgan fingerprint density at radius 2 is 1.96 bits per heavy atom. The number of fused-ring (bicyclic) bond motifs is 1. The van der Waals surface area contributed by atoms with Crippen LogP contribution in [0.2, 0.25) is 0 Å². The summed E-state index contributed by atoms with van der Waals surface area (Å²) in [5.74, 6) is 0.422. The van der Waals surface area contributed by atoms with Crippen molar-refractivity contribution >= 4 is 16.9 Å². The summed E-state index contributed by atoms with van der Waals surface area (Å²) in [5, 5.41) is 0.606. The van der Waals surface area contributed by atoms with Gasteiger partial charge in [0.05, 0.1) is 24.4 Å². The van der Waals surface area contributed by atoms with E-state index in [2.05, 4.69) is 0 Å². The van der Waals surface area contributed by atoms with E-state index in [1.54, 1.807) is 23.1 Å². The van der Waals surface area contributed by atoms with Gasteiger partial charge in [-0.15, -0.1) is 0 Å². The molecule has 1 amide bonds. The van der Waals surface area contributed by atoms with Crippen LogP contribution in [0, 0.1) is 0 Å². The lowest BCUT2D eigenvalue weighted by molar-refractivity contribution is -0.0585. The van der Waals surface area contributed by atoms with Gasteiger partial charge in [0, 0.05) is 30.6 Å². The highest BCUT2D eigenvalue weighted by Gasteiger charge is 2.28. The van der Waals surface area contributed by atoms with E-state index in [0.29, 0.717) is 42.0 Å². The summed E-state index contributed by atoms with van der Waals surface area (Å²) in [6.07, 6.45) is -0.0673. The lowest BCUT2D eigenvalue weighted by atomic mass is 10.1. The molecule has 1 aliphatic rings. The summed E-state index contributed by atoms with van der Waals surface area (Å²) in [6.45, 7) is 7.26. The zero-order valence-electron chi connectivity index (χ0n) is 14.1. The molecule has 2 aromatic rings. The summed E-state index contributed by atoms with van der Waals surface area (Å²) in [7, 11) is 0. The van der Waals surface area contributed by atoms with Crippen molar-refractivity contribution in [3.63, 3.8) is 0 Å². The summed E-state index contributed by atoms with van der Waals surface area (Å²) < 4.78 is 16.3. The third-order valence-corrected chi connectivity index (χ3v) is 3.96. The van der Waals surface area contributed by atoms with Gasteiger partial charge < -0.3 is 18.8 Å². The molecule has 2 atom stereocenters. The van der Waals surface area contributed by atoms with Crippen molar-refractivity contribution in [1.29, 1.82) is 0 Å². The molecule has 0 radical (unpaired) electrons. The van der Waals surface area contributed by atoms with Crippen LogP contribution in [-0.2, 0) is 4.74 Å². The summed E-state index contributed by atoms with van der Waals surface area (Å²) in [6, 6.07) is 6.42. The van der Waals surface area contributed by atoms with Gasteiger partial charge in [-0.2, -0.15) is 0 Å². The van der Waals surface area contributed by atoms with Crippen LogP contribution in [0.5, 0.6) is 5.75 Å². The van der Waals surface area contributed by atoms with Gasteiger partial charge >= 0.3 is 5.63 Å². The van der Waals surface area contributed by atoms with Gasteiger partial charge in [0.2, 0.25) is 0 Å². The largest absolute Gasteiger partial charge is 0.494 e. The van der Waals surface area contributed by atoms with Crippen LogP contribution >= 0.6 is 0 Å². The van der Waals surface area contributed by atoms with E-state index in [-0.39, 0.29) is 18.1 Å². The number of hydrogen-bond acceptors (Lipinski definition) is 5. The van der Waals surface area contributed by atoms with E-state index in [4.69, 9.17) is 13.9 Å². The minimum Gasteiger partial charge on any atom is -0.494 e. The van der Waals surface area contributed by atoms with Crippen molar-refractivity contribution in [2.45, 2.75) is 33.0 Å². The molecular weight excluding hydrogens is 310 g/mol. The third kappa shape index (κ3) is 3.28. The van der Waals surface area contributed by atoms with Crippen molar-refractivity contribution in [1.82, 2.24) is 4.90 Å². The Bertz CT molecular complexity index is 803. The second-order valence-electron chi connectivity index (χ2n) is 6.04. The van der Waals surface area contributed by atoms with Crippen molar-refractivity contribution in [3.05, 3.63) is 40.2 Å². The highest BCUT2D eigenvalue weighted by atomic mass is 16.5. The lowest BCUT2D eigenvalue weighted by Crippen LogP contribution is -2.48. The average Bonchev–Trinajstić information content (AvgIpc) is 2.52. The first kappa shape index (κ1) is 16.5. The molecule has 1 fully saturated rings. The highest BCUT2D eigenvalue weighted by Crippen LogP contribution is 2.24. The predicted octanol–water partition coefficient (Wildman–Crippen LogP) is 2.44. The molecule has 6 nitrogen and oxygen atoms in total. The quantitative estimate of drug-likeness (QED) is 0.808. The first-order valence-electron chi connectivity index (χ1n) is 8.13. The minimum absolute atomic E-state index is 0.0337. The molecule has 0 spiro atoms.